The minimum absolute atomic E-state index is 0.0568. The second kappa shape index (κ2) is 5.93. The van der Waals surface area contributed by atoms with Gasteiger partial charge in [0.15, 0.2) is 0 Å². The summed E-state index contributed by atoms with van der Waals surface area (Å²) in [5.74, 6) is 0.941. The lowest BCUT2D eigenvalue weighted by atomic mass is 10.2. The second-order valence-electron chi connectivity index (χ2n) is 4.36. The van der Waals surface area contributed by atoms with Crippen LogP contribution in [0.25, 0.3) is 0 Å². The maximum atomic E-state index is 11.2. The number of hydrogen-bond donors (Lipinski definition) is 4. The van der Waals surface area contributed by atoms with Crippen molar-refractivity contribution in [2.75, 3.05) is 17.6 Å². The lowest BCUT2D eigenvalue weighted by Crippen LogP contribution is -2.14. The van der Waals surface area contributed by atoms with Gasteiger partial charge in [-0.3, -0.25) is 0 Å². The Bertz CT molecular complexity index is 667. The van der Waals surface area contributed by atoms with Crippen LogP contribution < -0.4 is 16.2 Å². The van der Waals surface area contributed by atoms with Crippen molar-refractivity contribution in [2.24, 2.45) is 5.14 Å². The number of anilines is 2. The monoisotopic (exact) mass is 295 g/mol. The lowest BCUT2D eigenvalue weighted by molar-refractivity contribution is 0.598. The molecule has 0 aliphatic rings. The second-order valence-corrected chi connectivity index (χ2v) is 5.89. The van der Waals surface area contributed by atoms with Gasteiger partial charge in [0.2, 0.25) is 10.0 Å². The molecule has 0 atom stereocenters. The zero-order valence-corrected chi connectivity index (χ0v) is 11.7. The van der Waals surface area contributed by atoms with Gasteiger partial charge in [-0.15, -0.1) is 0 Å². The number of nitrogens with two attached hydrogens (primary N) is 2. The van der Waals surface area contributed by atoms with Crippen molar-refractivity contribution < 1.29 is 8.42 Å². The van der Waals surface area contributed by atoms with Crippen LogP contribution in [0.5, 0.6) is 0 Å². The Hall–Kier alpha value is -2.06. The first-order valence-electron chi connectivity index (χ1n) is 6.11. The van der Waals surface area contributed by atoms with E-state index in [0.29, 0.717) is 0 Å². The predicted molar refractivity (Wildman–Crippen MR) is 77.6 cm³/mol. The van der Waals surface area contributed by atoms with E-state index in [4.69, 9.17) is 10.9 Å². The number of aromatic nitrogens is 2. The van der Waals surface area contributed by atoms with Crippen LogP contribution in [-0.4, -0.2) is 24.9 Å². The van der Waals surface area contributed by atoms with E-state index in [1.807, 2.05) is 0 Å². The van der Waals surface area contributed by atoms with Crippen LogP contribution in [-0.2, 0) is 16.4 Å². The third-order valence-corrected chi connectivity index (χ3v) is 3.78. The first-order valence-corrected chi connectivity index (χ1v) is 7.66. The van der Waals surface area contributed by atoms with Crippen molar-refractivity contribution in [1.82, 2.24) is 9.97 Å². The van der Waals surface area contributed by atoms with E-state index < -0.39 is 10.0 Å². The van der Waals surface area contributed by atoms with Gasteiger partial charge in [0.25, 0.3) is 0 Å². The maximum Gasteiger partial charge on any atom is 0.240 e. The van der Waals surface area contributed by atoms with Crippen LogP contribution in [0.1, 0.15) is 12.2 Å². The molecule has 0 spiro atoms. The molecule has 1 aromatic carbocycles. The normalized spacial score (nSPS) is 11.4. The summed E-state index contributed by atoms with van der Waals surface area (Å²) in [6.07, 6.45) is 5.24. The summed E-state index contributed by atoms with van der Waals surface area (Å²) in [6.45, 7) is 0.731. The van der Waals surface area contributed by atoms with Crippen molar-refractivity contribution in [3.63, 3.8) is 0 Å². The quantitative estimate of drug-likeness (QED) is 0.460. The van der Waals surface area contributed by atoms with Crippen LogP contribution in [0.2, 0.25) is 0 Å². The highest BCUT2D eigenvalue weighted by atomic mass is 32.2. The Labute approximate surface area is 117 Å². The molecule has 0 amide bonds. The van der Waals surface area contributed by atoms with E-state index >= 15 is 0 Å². The molecule has 108 valence electrons. The average molecular weight is 295 g/mol. The van der Waals surface area contributed by atoms with Crippen LogP contribution in [0, 0.1) is 0 Å². The van der Waals surface area contributed by atoms with Crippen molar-refractivity contribution in [2.45, 2.75) is 17.7 Å². The Morgan fingerprint density at radius 1 is 1.35 bits per heavy atom. The van der Waals surface area contributed by atoms with Gasteiger partial charge in [-0.1, -0.05) is 0 Å². The Morgan fingerprint density at radius 2 is 2.15 bits per heavy atom. The SMILES string of the molecule is Nc1cc(NCCCc2ncc[nH]2)ccc1S(N)(=O)=O. The first kappa shape index (κ1) is 14.4. The molecule has 7 nitrogen and oxygen atoms in total. The zero-order valence-electron chi connectivity index (χ0n) is 10.8. The van der Waals surface area contributed by atoms with E-state index in [0.717, 1.165) is 30.9 Å². The molecule has 6 N–H and O–H groups in total. The van der Waals surface area contributed by atoms with E-state index in [-0.39, 0.29) is 10.6 Å². The summed E-state index contributed by atoms with van der Waals surface area (Å²) < 4.78 is 22.4. The summed E-state index contributed by atoms with van der Waals surface area (Å²) in [4.78, 5) is 7.10. The molecule has 1 aromatic heterocycles. The fourth-order valence-corrected chi connectivity index (χ4v) is 2.49. The van der Waals surface area contributed by atoms with Gasteiger partial charge in [-0.05, 0) is 24.6 Å². The summed E-state index contributed by atoms with van der Waals surface area (Å²) in [6, 6.07) is 4.61. The van der Waals surface area contributed by atoms with Gasteiger partial charge in [0.1, 0.15) is 10.7 Å². The van der Waals surface area contributed by atoms with Crippen LogP contribution in [0.3, 0.4) is 0 Å². The molecule has 2 aromatic rings. The molecule has 0 fully saturated rings. The van der Waals surface area contributed by atoms with Gasteiger partial charge in [-0.2, -0.15) is 0 Å². The predicted octanol–water partition coefficient (Wildman–Crippen LogP) is 0.684. The minimum atomic E-state index is -3.77. The van der Waals surface area contributed by atoms with Crippen LogP contribution in [0.15, 0.2) is 35.5 Å². The van der Waals surface area contributed by atoms with Gasteiger partial charge < -0.3 is 16.0 Å². The molecular formula is C12H17N5O2S. The van der Waals surface area contributed by atoms with E-state index in [9.17, 15) is 8.42 Å². The molecule has 2 rings (SSSR count). The number of primary sulfonamides is 1. The molecular weight excluding hydrogens is 278 g/mol. The summed E-state index contributed by atoms with van der Waals surface area (Å²) >= 11 is 0. The molecule has 0 bridgehead atoms. The third-order valence-electron chi connectivity index (χ3n) is 2.79. The van der Waals surface area contributed by atoms with Gasteiger partial charge in [0, 0.05) is 31.0 Å². The average Bonchev–Trinajstić information content (AvgIpc) is 2.86. The number of benzene rings is 1. The molecule has 0 aliphatic heterocycles. The number of hydrogen-bond acceptors (Lipinski definition) is 5. The minimum Gasteiger partial charge on any atom is -0.398 e. The van der Waals surface area contributed by atoms with Crippen LogP contribution in [0.4, 0.5) is 11.4 Å². The maximum absolute atomic E-state index is 11.2. The van der Waals surface area contributed by atoms with Gasteiger partial charge >= 0.3 is 0 Å². The van der Waals surface area contributed by atoms with Gasteiger partial charge in [-0.25, -0.2) is 18.5 Å². The summed E-state index contributed by atoms with van der Waals surface area (Å²) in [5.41, 5.74) is 6.58. The molecule has 0 aliphatic carbocycles. The molecule has 0 unspecified atom stereocenters. The number of nitrogens with one attached hydrogen (secondary N) is 2. The smallest absolute Gasteiger partial charge is 0.240 e. The summed E-state index contributed by atoms with van der Waals surface area (Å²) in [5, 5.41) is 8.21. The fourth-order valence-electron chi connectivity index (χ4n) is 1.84. The Morgan fingerprint density at radius 3 is 2.75 bits per heavy atom. The molecule has 0 saturated carbocycles. The molecule has 20 heavy (non-hydrogen) atoms. The molecule has 8 heteroatoms. The van der Waals surface area contributed by atoms with Gasteiger partial charge in [0.05, 0.1) is 5.69 Å². The number of aromatic amines is 1. The van der Waals surface area contributed by atoms with E-state index in [2.05, 4.69) is 15.3 Å². The lowest BCUT2D eigenvalue weighted by Gasteiger charge is -2.09. The van der Waals surface area contributed by atoms with Crippen LogP contribution >= 0.6 is 0 Å². The Balaban J connectivity index is 1.89. The molecule has 0 radical (unpaired) electrons. The highest BCUT2D eigenvalue weighted by Gasteiger charge is 2.11. The van der Waals surface area contributed by atoms with Crippen molar-refractivity contribution in [3.8, 4) is 0 Å². The number of nitrogens with zero attached hydrogens (tertiary/aromatic N) is 1. The molecule has 1 heterocycles. The number of rotatable bonds is 6. The first-order chi connectivity index (χ1) is 9.47. The standard InChI is InChI=1S/C12H17N5O2S/c13-10-8-9(3-4-11(10)20(14,18)19)15-5-1-2-12-16-6-7-17-12/h3-4,6-8,15H,1-2,5,13H2,(H,16,17)(H2,14,18,19). The highest BCUT2D eigenvalue weighted by molar-refractivity contribution is 7.89. The van der Waals surface area contributed by atoms with E-state index in [1.165, 1.54) is 6.07 Å². The van der Waals surface area contributed by atoms with E-state index in [1.54, 1.807) is 24.5 Å². The topological polar surface area (TPSA) is 127 Å². The summed E-state index contributed by atoms with van der Waals surface area (Å²) in [7, 11) is -3.77. The number of imidazole rings is 1. The van der Waals surface area contributed by atoms with Crippen molar-refractivity contribution in [3.05, 3.63) is 36.4 Å². The zero-order chi connectivity index (χ0) is 14.6. The number of nitrogen functional groups attached to an aromatic ring is 1. The van der Waals surface area contributed by atoms with Crippen molar-refractivity contribution >= 4 is 21.4 Å². The Kier molecular flexibility index (Phi) is 4.26. The largest absolute Gasteiger partial charge is 0.398 e. The number of aryl methyl sites for hydroxylation is 1. The fraction of sp³-hybridized carbons (Fsp3) is 0.250. The molecule has 0 saturated heterocycles. The number of H-pyrrole nitrogens is 1. The van der Waals surface area contributed by atoms with Crippen molar-refractivity contribution in [1.29, 1.82) is 0 Å². The number of sulfonamides is 1. The third kappa shape index (κ3) is 3.72. The highest BCUT2D eigenvalue weighted by Crippen LogP contribution is 2.21.